The molecular formula is C33H30IrN2-2. The van der Waals surface area contributed by atoms with Gasteiger partial charge in [0.2, 0.25) is 0 Å². The van der Waals surface area contributed by atoms with Crippen LogP contribution in [-0.4, -0.2) is 9.97 Å². The molecule has 0 amide bonds. The van der Waals surface area contributed by atoms with Gasteiger partial charge in [-0.05, 0) is 47.0 Å². The van der Waals surface area contributed by atoms with Crippen LogP contribution in [0.2, 0.25) is 0 Å². The minimum atomic E-state index is 0. The summed E-state index contributed by atoms with van der Waals surface area (Å²) in [4.78, 5) is 8.81. The van der Waals surface area contributed by atoms with Crippen molar-refractivity contribution in [2.75, 3.05) is 0 Å². The predicted molar refractivity (Wildman–Crippen MR) is 146 cm³/mol. The summed E-state index contributed by atoms with van der Waals surface area (Å²) in [7, 11) is 0. The summed E-state index contributed by atoms with van der Waals surface area (Å²) >= 11 is 0. The molecule has 2 aromatic heterocycles. The van der Waals surface area contributed by atoms with Gasteiger partial charge >= 0.3 is 0 Å². The minimum Gasteiger partial charge on any atom is -0.305 e. The summed E-state index contributed by atoms with van der Waals surface area (Å²) < 4.78 is 0. The van der Waals surface area contributed by atoms with Crippen molar-refractivity contribution in [1.29, 1.82) is 0 Å². The van der Waals surface area contributed by atoms with Crippen LogP contribution in [0.15, 0.2) is 109 Å². The maximum absolute atomic E-state index is 4.53. The van der Waals surface area contributed by atoms with Crippen LogP contribution in [0, 0.1) is 19.1 Å². The fourth-order valence-corrected chi connectivity index (χ4v) is 3.71. The molecule has 0 aliphatic heterocycles. The molecule has 0 bridgehead atoms. The molecule has 0 N–H and O–H groups in total. The first-order valence-electron chi connectivity index (χ1n) is 11.8. The molecule has 2 nitrogen and oxygen atoms in total. The van der Waals surface area contributed by atoms with Gasteiger partial charge in [0.15, 0.2) is 0 Å². The van der Waals surface area contributed by atoms with E-state index >= 15 is 0 Å². The summed E-state index contributed by atoms with van der Waals surface area (Å²) in [6, 6.07) is 39.3. The Morgan fingerprint density at radius 1 is 0.611 bits per heavy atom. The number of aromatic nitrogens is 2. The van der Waals surface area contributed by atoms with E-state index in [4.69, 9.17) is 0 Å². The second-order valence-electron chi connectivity index (χ2n) is 9.53. The van der Waals surface area contributed by atoms with Gasteiger partial charge in [-0.15, -0.1) is 71.3 Å². The van der Waals surface area contributed by atoms with E-state index in [9.17, 15) is 0 Å². The van der Waals surface area contributed by atoms with Gasteiger partial charge in [0, 0.05) is 32.5 Å². The topological polar surface area (TPSA) is 25.8 Å². The Hall–Kier alpha value is -3.39. The Morgan fingerprint density at radius 3 is 1.94 bits per heavy atom. The Morgan fingerprint density at radius 2 is 1.28 bits per heavy atom. The molecule has 2 heterocycles. The van der Waals surface area contributed by atoms with Crippen LogP contribution in [0.5, 0.6) is 0 Å². The van der Waals surface area contributed by atoms with E-state index in [0.717, 1.165) is 22.5 Å². The summed E-state index contributed by atoms with van der Waals surface area (Å²) in [5.41, 5.74) is 9.08. The molecule has 3 heteroatoms. The van der Waals surface area contributed by atoms with Crippen LogP contribution >= 0.6 is 0 Å². The quantitative estimate of drug-likeness (QED) is 0.184. The van der Waals surface area contributed by atoms with Gasteiger partial charge < -0.3 is 9.97 Å². The maximum atomic E-state index is 4.53. The molecule has 0 aliphatic carbocycles. The molecule has 3 aromatic carbocycles. The predicted octanol–water partition coefficient (Wildman–Crippen LogP) is 8.37. The summed E-state index contributed by atoms with van der Waals surface area (Å²) in [5, 5.41) is 0. The monoisotopic (exact) mass is 647 g/mol. The van der Waals surface area contributed by atoms with Gasteiger partial charge in [0.1, 0.15) is 0 Å². The van der Waals surface area contributed by atoms with E-state index in [2.05, 4.69) is 104 Å². The molecule has 0 spiro atoms. The SMILES string of the molecule is CC(C)(C)c1ccnc(-c2[c-]ccc(-c3ccccc3)c2)c1.Cc1ccnc(-c2[c-]cccc2)c1.[Ir]. The van der Waals surface area contributed by atoms with Gasteiger partial charge in [0.05, 0.1) is 0 Å². The molecule has 0 atom stereocenters. The molecule has 0 saturated heterocycles. The van der Waals surface area contributed by atoms with Crippen molar-refractivity contribution in [2.45, 2.75) is 33.1 Å². The van der Waals surface area contributed by atoms with Crippen molar-refractivity contribution < 1.29 is 20.1 Å². The first kappa shape index (κ1) is 27.2. The molecule has 0 saturated carbocycles. The van der Waals surface area contributed by atoms with Crippen LogP contribution in [0.25, 0.3) is 33.6 Å². The van der Waals surface area contributed by atoms with Gasteiger partial charge in [0.25, 0.3) is 0 Å². The molecular weight excluding hydrogens is 617 g/mol. The minimum absolute atomic E-state index is 0. The average Bonchev–Trinajstić information content (AvgIpc) is 2.90. The number of benzene rings is 3. The maximum Gasteiger partial charge on any atom is 0.0163 e. The normalized spacial score (nSPS) is 10.6. The molecule has 0 aliphatic rings. The third-order valence-corrected chi connectivity index (χ3v) is 5.71. The van der Waals surface area contributed by atoms with Crippen LogP contribution in [0.3, 0.4) is 0 Å². The summed E-state index contributed by atoms with van der Waals surface area (Å²) in [6.07, 6.45) is 3.71. The largest absolute Gasteiger partial charge is 0.305 e. The molecule has 5 rings (SSSR count). The van der Waals surface area contributed by atoms with E-state index in [1.807, 2.05) is 54.9 Å². The van der Waals surface area contributed by atoms with Crippen molar-refractivity contribution in [3.05, 3.63) is 133 Å². The van der Waals surface area contributed by atoms with Gasteiger partial charge in [-0.25, -0.2) is 0 Å². The van der Waals surface area contributed by atoms with Crippen LogP contribution < -0.4 is 0 Å². The zero-order valence-corrected chi connectivity index (χ0v) is 23.5. The molecule has 5 aromatic rings. The van der Waals surface area contributed by atoms with Gasteiger partial charge in [-0.2, -0.15) is 0 Å². The van der Waals surface area contributed by atoms with Crippen LogP contribution in [0.1, 0.15) is 31.9 Å². The number of nitrogens with zero attached hydrogens (tertiary/aromatic N) is 2. The zero-order chi connectivity index (χ0) is 24.7. The molecule has 36 heavy (non-hydrogen) atoms. The molecule has 183 valence electrons. The van der Waals surface area contributed by atoms with Crippen molar-refractivity contribution >= 4 is 0 Å². The Kier molecular flexibility index (Phi) is 9.47. The number of hydrogen-bond acceptors (Lipinski definition) is 2. The number of rotatable bonds is 3. The number of pyridine rings is 2. The first-order chi connectivity index (χ1) is 16.9. The number of aryl methyl sites for hydroxylation is 1. The zero-order valence-electron chi connectivity index (χ0n) is 21.1. The Balaban J connectivity index is 0.000000221. The third kappa shape index (κ3) is 7.31. The second-order valence-corrected chi connectivity index (χ2v) is 9.53. The van der Waals surface area contributed by atoms with E-state index < -0.39 is 0 Å². The summed E-state index contributed by atoms with van der Waals surface area (Å²) in [5.74, 6) is 0. The third-order valence-electron chi connectivity index (χ3n) is 5.71. The Bertz CT molecular complexity index is 1370. The smallest absolute Gasteiger partial charge is 0.0163 e. The van der Waals surface area contributed by atoms with Crippen molar-refractivity contribution in [1.82, 2.24) is 9.97 Å². The number of hydrogen-bond donors (Lipinski definition) is 0. The van der Waals surface area contributed by atoms with Crippen molar-refractivity contribution in [2.24, 2.45) is 0 Å². The van der Waals surface area contributed by atoms with E-state index in [0.29, 0.717) is 0 Å². The fraction of sp³-hybridized carbons (Fsp3) is 0.152. The Labute approximate surface area is 228 Å². The standard InChI is InChI=1S/C21H20N.C12H10N.Ir/c1-21(2,3)19-12-13-22-20(15-19)18-11-7-10-17(14-18)16-8-5-4-6-9-16;1-10-7-8-13-12(9-10)11-5-3-2-4-6-11;/h4-10,12-15H,1-3H3;2-5,7-9H,1H3;/q2*-1;. The van der Waals surface area contributed by atoms with E-state index in [1.54, 1.807) is 0 Å². The second kappa shape index (κ2) is 12.5. The van der Waals surface area contributed by atoms with Crippen molar-refractivity contribution in [3.8, 4) is 33.6 Å². The molecule has 0 unspecified atom stereocenters. The van der Waals surface area contributed by atoms with Gasteiger partial charge in [-0.3, -0.25) is 0 Å². The first-order valence-corrected chi connectivity index (χ1v) is 11.8. The van der Waals surface area contributed by atoms with E-state index in [-0.39, 0.29) is 25.5 Å². The molecule has 0 fully saturated rings. The van der Waals surface area contributed by atoms with Crippen LogP contribution in [0.4, 0.5) is 0 Å². The van der Waals surface area contributed by atoms with Crippen LogP contribution in [-0.2, 0) is 25.5 Å². The summed E-state index contributed by atoms with van der Waals surface area (Å²) in [6.45, 7) is 8.72. The van der Waals surface area contributed by atoms with Crippen molar-refractivity contribution in [3.63, 3.8) is 0 Å². The fourth-order valence-electron chi connectivity index (χ4n) is 3.71. The molecule has 1 radical (unpaired) electrons. The average molecular weight is 647 g/mol. The van der Waals surface area contributed by atoms with Gasteiger partial charge in [-0.1, -0.05) is 68.8 Å². The van der Waals surface area contributed by atoms with E-state index in [1.165, 1.54) is 22.3 Å².